The SMILES string of the molecule is CC1(C)c2cc3[nH]c4ccccc4c3cc2-c2ccc3c(c21)c1ccccc1c1ccc2ccccc2c13.CC1(C)c2ccc(-c3ccccc3[N+](=O)[O-])cc2-c2ccc3c(c21)c1ccccc1c1ccc2ccccc2c13.c1ccc(P(c2ccccc2)c2ccccc2)cc1. The van der Waals surface area contributed by atoms with Crippen LogP contribution in [0, 0.1) is 10.1 Å². The Kier molecular flexibility index (Phi) is 13.5. The fourth-order valence-electron chi connectivity index (χ4n) is 16.8. The second-order valence-corrected chi connectivity index (χ2v) is 29.3. The first-order chi connectivity index (χ1) is 47.5. The van der Waals surface area contributed by atoms with Gasteiger partial charge in [-0.25, -0.2) is 0 Å². The van der Waals surface area contributed by atoms with Crippen molar-refractivity contribution in [2.75, 3.05) is 0 Å². The third kappa shape index (κ3) is 9.08. The zero-order valence-corrected chi connectivity index (χ0v) is 55.1. The number of aromatic nitrogens is 1. The largest absolute Gasteiger partial charge is 0.355 e. The molecule has 0 bridgehead atoms. The summed E-state index contributed by atoms with van der Waals surface area (Å²) in [6.07, 6.45) is 0. The van der Waals surface area contributed by atoms with Crippen molar-refractivity contribution in [1.82, 2.24) is 4.98 Å². The van der Waals surface area contributed by atoms with Gasteiger partial charge in [0.2, 0.25) is 0 Å². The van der Waals surface area contributed by atoms with E-state index >= 15 is 0 Å². The Morgan fingerprint density at radius 2 is 0.711 bits per heavy atom. The molecule has 4 nitrogen and oxygen atoms in total. The van der Waals surface area contributed by atoms with E-state index in [4.69, 9.17) is 0 Å². The van der Waals surface area contributed by atoms with Gasteiger partial charge in [0.15, 0.2) is 0 Å². The van der Waals surface area contributed by atoms with E-state index in [0.29, 0.717) is 5.56 Å². The van der Waals surface area contributed by atoms with E-state index < -0.39 is 7.92 Å². The number of benzene rings is 17. The number of nitro groups is 1. The van der Waals surface area contributed by atoms with E-state index in [1.807, 2.05) is 18.2 Å². The molecule has 2 aliphatic rings. The maximum atomic E-state index is 11.8. The van der Waals surface area contributed by atoms with E-state index in [1.54, 1.807) is 12.1 Å². The summed E-state index contributed by atoms with van der Waals surface area (Å²) >= 11 is 0. The van der Waals surface area contributed by atoms with Gasteiger partial charge in [-0.1, -0.05) is 307 Å². The Bertz CT molecular complexity index is 6200. The molecule has 0 unspecified atom stereocenters. The molecule has 97 heavy (non-hydrogen) atoms. The first-order valence-corrected chi connectivity index (χ1v) is 34.8. The molecule has 1 N–H and O–H groups in total. The van der Waals surface area contributed by atoms with Gasteiger partial charge in [-0.15, -0.1) is 0 Å². The fraction of sp³-hybridized carbons (Fsp3) is 0.0652. The number of fused-ring (bicyclic) bond motifs is 27. The molecule has 460 valence electrons. The highest BCUT2D eigenvalue weighted by Crippen LogP contribution is 2.57. The third-order valence-electron chi connectivity index (χ3n) is 21.1. The van der Waals surface area contributed by atoms with Crippen LogP contribution in [-0.4, -0.2) is 9.91 Å². The first kappa shape index (κ1) is 58.1. The lowest BCUT2D eigenvalue weighted by atomic mass is 9.78. The topological polar surface area (TPSA) is 58.9 Å². The van der Waals surface area contributed by atoms with Crippen LogP contribution >= 0.6 is 7.92 Å². The average Bonchev–Trinajstić information content (AvgIpc) is 1.64. The highest BCUT2D eigenvalue weighted by Gasteiger charge is 2.40. The third-order valence-corrected chi connectivity index (χ3v) is 23.5. The van der Waals surface area contributed by atoms with Crippen LogP contribution in [0.5, 0.6) is 0 Å². The molecule has 0 radical (unpaired) electrons. The van der Waals surface area contributed by atoms with Crippen molar-refractivity contribution >= 4 is 138 Å². The van der Waals surface area contributed by atoms with Gasteiger partial charge in [0.05, 0.1) is 10.5 Å². The summed E-state index contributed by atoms with van der Waals surface area (Å²) in [6, 6.07) is 113. The lowest BCUT2D eigenvalue weighted by Gasteiger charge is -2.25. The molecule has 0 saturated heterocycles. The number of rotatable bonds is 5. The van der Waals surface area contributed by atoms with E-state index in [-0.39, 0.29) is 21.4 Å². The van der Waals surface area contributed by atoms with Crippen LogP contribution in [0.15, 0.2) is 315 Å². The highest BCUT2D eigenvalue weighted by molar-refractivity contribution is 7.79. The number of aromatic amines is 1. The summed E-state index contributed by atoms with van der Waals surface area (Å²) in [6.45, 7) is 9.44. The highest BCUT2D eigenvalue weighted by atomic mass is 31.1. The quantitative estimate of drug-likeness (QED) is 0.0808. The molecule has 1 aromatic heterocycles. The monoisotopic (exact) mass is 1260 g/mol. The molecule has 0 aliphatic heterocycles. The summed E-state index contributed by atoms with van der Waals surface area (Å²) < 4.78 is 0. The van der Waals surface area contributed by atoms with Crippen LogP contribution in [-0.2, 0) is 10.8 Å². The number of nitrogens with one attached hydrogen (secondary N) is 1. The van der Waals surface area contributed by atoms with Crippen molar-refractivity contribution in [2.45, 2.75) is 38.5 Å². The normalized spacial score (nSPS) is 13.3. The summed E-state index contributed by atoms with van der Waals surface area (Å²) in [4.78, 5) is 15.2. The van der Waals surface area contributed by atoms with Gasteiger partial charge in [-0.3, -0.25) is 10.1 Å². The van der Waals surface area contributed by atoms with Gasteiger partial charge in [0.25, 0.3) is 5.69 Å². The second-order valence-electron chi connectivity index (χ2n) is 27.1. The van der Waals surface area contributed by atoms with Gasteiger partial charge < -0.3 is 4.98 Å². The van der Waals surface area contributed by atoms with E-state index in [0.717, 1.165) is 11.1 Å². The Balaban J connectivity index is 0.000000112. The van der Waals surface area contributed by atoms with E-state index in [1.165, 1.54) is 163 Å². The number of para-hydroxylation sites is 2. The van der Waals surface area contributed by atoms with Crippen molar-refractivity contribution < 1.29 is 4.92 Å². The molecule has 0 amide bonds. The minimum absolute atomic E-state index is 0.128. The molecule has 0 atom stereocenters. The van der Waals surface area contributed by atoms with Gasteiger partial charge in [0.1, 0.15) is 0 Å². The number of hydrogen-bond acceptors (Lipinski definition) is 2. The summed E-state index contributed by atoms with van der Waals surface area (Å²) in [5, 5.41) is 39.5. The van der Waals surface area contributed by atoms with E-state index in [9.17, 15) is 10.1 Å². The molecular weight excluding hydrogens is 1200 g/mol. The summed E-state index contributed by atoms with van der Waals surface area (Å²) in [5.41, 5.74) is 14.2. The van der Waals surface area contributed by atoms with Crippen molar-refractivity contribution in [3.63, 3.8) is 0 Å². The summed E-state index contributed by atoms with van der Waals surface area (Å²) in [7, 11) is -0.446. The van der Waals surface area contributed by atoms with Crippen LogP contribution < -0.4 is 15.9 Å². The standard InChI is InChI=1S/C37H25NO2.C37H25N.C18H15P/c1-37(2)32-20-16-23(24-10-7-8-14-33(24)38(39)40)21-31(32)29-18-19-30-34-25-11-4-3-9-22(25)15-17-28(34)26-12-5-6-13-27(26)35(30)36(29)37;1-37(2)31-20-33-30(24-12-7-8-14-32(24)38-33)19-29(31)27-17-18-28-34-22-10-4-3-9-21(22)15-16-26(34)23-11-5-6-13-25(23)35(28)36(27)37;1-4-10-16(11-5-1)19(17-12-6-2-7-13-17)18-14-8-3-9-15-18/h3-21H,1-2H3;3-20,38H,1-2H3;1-15H. The van der Waals surface area contributed by atoms with Gasteiger partial charge in [-0.05, 0) is 190 Å². The number of hydrogen-bond donors (Lipinski definition) is 1. The van der Waals surface area contributed by atoms with Crippen molar-refractivity contribution in [2.24, 2.45) is 0 Å². The van der Waals surface area contributed by atoms with E-state index in [2.05, 4.69) is 318 Å². The molecule has 0 fully saturated rings. The minimum Gasteiger partial charge on any atom is -0.355 e. The van der Waals surface area contributed by atoms with Gasteiger partial charge in [-0.2, -0.15) is 0 Å². The van der Waals surface area contributed by atoms with Crippen LogP contribution in [0.4, 0.5) is 5.69 Å². The smallest absolute Gasteiger partial charge is 0.277 e. The van der Waals surface area contributed by atoms with Crippen LogP contribution in [0.2, 0.25) is 0 Å². The minimum atomic E-state index is -0.446. The van der Waals surface area contributed by atoms with Crippen LogP contribution in [0.3, 0.4) is 0 Å². The average molecular weight is 1260 g/mol. The first-order valence-electron chi connectivity index (χ1n) is 33.5. The molecule has 17 aromatic carbocycles. The molecular formula is C92H65N2O2P. The Labute approximate surface area is 563 Å². The molecule has 20 rings (SSSR count). The van der Waals surface area contributed by atoms with Crippen molar-refractivity contribution in [1.29, 1.82) is 0 Å². The number of nitrogens with zero attached hydrogens (tertiary/aromatic N) is 1. The maximum Gasteiger partial charge on any atom is 0.277 e. The lowest BCUT2D eigenvalue weighted by molar-refractivity contribution is -0.384. The zero-order chi connectivity index (χ0) is 65.3. The van der Waals surface area contributed by atoms with Crippen LogP contribution in [0.25, 0.3) is 141 Å². The summed E-state index contributed by atoms with van der Waals surface area (Å²) in [5.74, 6) is 0. The van der Waals surface area contributed by atoms with Crippen LogP contribution in [0.1, 0.15) is 49.9 Å². The molecule has 0 spiro atoms. The molecule has 0 saturated carbocycles. The maximum absolute atomic E-state index is 11.8. The number of nitro benzene ring substituents is 1. The Hall–Kier alpha value is -11.6. The molecule has 1 heterocycles. The fourth-order valence-corrected chi connectivity index (χ4v) is 19.1. The Morgan fingerprint density at radius 3 is 1.24 bits per heavy atom. The lowest BCUT2D eigenvalue weighted by Crippen LogP contribution is -2.20. The second kappa shape index (κ2) is 22.6. The Morgan fingerprint density at radius 1 is 0.299 bits per heavy atom. The van der Waals surface area contributed by atoms with Crippen molar-refractivity contribution in [3.8, 4) is 33.4 Å². The number of H-pyrrole nitrogens is 1. The van der Waals surface area contributed by atoms with Gasteiger partial charge in [0, 0.05) is 38.7 Å². The predicted octanol–water partition coefficient (Wildman–Crippen LogP) is 23.9. The van der Waals surface area contributed by atoms with Crippen molar-refractivity contribution in [3.05, 3.63) is 348 Å². The molecule has 2 aliphatic carbocycles. The zero-order valence-electron chi connectivity index (χ0n) is 54.2. The molecule has 5 heteroatoms. The predicted molar refractivity (Wildman–Crippen MR) is 415 cm³/mol. The van der Waals surface area contributed by atoms with Gasteiger partial charge >= 0.3 is 0 Å². The molecule has 18 aromatic rings.